The maximum Gasteiger partial charge on any atom is 0.337 e. The fourth-order valence-electron chi connectivity index (χ4n) is 1.86. The molecule has 0 aromatic heterocycles. The number of hydrogen-bond acceptors (Lipinski definition) is 4. The van der Waals surface area contributed by atoms with E-state index < -0.39 is 11.8 Å². The van der Waals surface area contributed by atoms with Crippen molar-refractivity contribution in [2.24, 2.45) is 0 Å². The zero-order valence-corrected chi connectivity index (χ0v) is 11.5. The van der Waals surface area contributed by atoms with Crippen molar-refractivity contribution in [2.45, 2.75) is 13.2 Å². The molecule has 0 unspecified atom stereocenters. The molecule has 0 radical (unpaired) electrons. The predicted octanol–water partition coefficient (Wildman–Crippen LogP) is 2.68. The average Bonchev–Trinajstić information content (AvgIpc) is 2.53. The van der Waals surface area contributed by atoms with Crippen LogP contribution in [0.2, 0.25) is 0 Å². The van der Waals surface area contributed by atoms with Crippen molar-refractivity contribution < 1.29 is 23.8 Å². The molecule has 0 fully saturated rings. The summed E-state index contributed by atoms with van der Waals surface area (Å²) in [7, 11) is 1.26. The summed E-state index contributed by atoms with van der Waals surface area (Å²) < 4.78 is 23.8. The van der Waals surface area contributed by atoms with Crippen LogP contribution in [0.25, 0.3) is 0 Å². The summed E-state index contributed by atoms with van der Waals surface area (Å²) in [4.78, 5) is 11.4. The van der Waals surface area contributed by atoms with E-state index in [9.17, 15) is 14.3 Å². The largest absolute Gasteiger partial charge is 0.488 e. The fraction of sp³-hybridized carbons (Fsp3) is 0.188. The number of ether oxygens (including phenoxy) is 2. The number of halogens is 1. The minimum atomic E-state index is -0.535. The molecule has 0 spiro atoms. The van der Waals surface area contributed by atoms with Crippen molar-refractivity contribution in [3.8, 4) is 5.75 Å². The standard InChI is InChI=1S/C16H15FO4/c1-20-16(19)11-6-7-14(17)13(8-11)10-21-15-5-3-2-4-12(15)9-18/h2-8,18H,9-10H2,1H3. The predicted molar refractivity (Wildman–Crippen MR) is 74.4 cm³/mol. The van der Waals surface area contributed by atoms with Crippen molar-refractivity contribution in [1.29, 1.82) is 0 Å². The maximum atomic E-state index is 13.7. The summed E-state index contributed by atoms with van der Waals surface area (Å²) in [5.74, 6) is -0.529. The van der Waals surface area contributed by atoms with E-state index in [4.69, 9.17) is 4.74 Å². The quantitative estimate of drug-likeness (QED) is 0.860. The van der Waals surface area contributed by atoms with Crippen molar-refractivity contribution in [3.05, 3.63) is 65.0 Å². The number of carbonyl (C=O) groups is 1. The van der Waals surface area contributed by atoms with Crippen LogP contribution in [0.3, 0.4) is 0 Å². The van der Waals surface area contributed by atoms with E-state index in [1.807, 2.05) is 0 Å². The van der Waals surface area contributed by atoms with Crippen molar-refractivity contribution in [3.63, 3.8) is 0 Å². The lowest BCUT2D eigenvalue weighted by Gasteiger charge is -2.11. The number of carbonyl (C=O) groups excluding carboxylic acids is 1. The molecule has 0 saturated heterocycles. The van der Waals surface area contributed by atoms with Crippen molar-refractivity contribution in [2.75, 3.05) is 7.11 Å². The number of para-hydroxylation sites is 1. The van der Waals surface area contributed by atoms with Gasteiger partial charge in [-0.2, -0.15) is 0 Å². The Morgan fingerprint density at radius 2 is 1.95 bits per heavy atom. The van der Waals surface area contributed by atoms with Crippen LogP contribution >= 0.6 is 0 Å². The molecule has 0 bridgehead atoms. The first kappa shape index (κ1) is 15.0. The summed E-state index contributed by atoms with van der Waals surface area (Å²) in [5.41, 5.74) is 1.11. The van der Waals surface area contributed by atoms with Gasteiger partial charge in [-0.1, -0.05) is 18.2 Å². The Labute approximate surface area is 121 Å². The lowest BCUT2D eigenvalue weighted by atomic mass is 10.1. The number of hydrogen-bond donors (Lipinski definition) is 1. The first-order chi connectivity index (χ1) is 10.2. The maximum absolute atomic E-state index is 13.7. The van der Waals surface area contributed by atoms with Crippen LogP contribution in [-0.4, -0.2) is 18.2 Å². The third-order valence-electron chi connectivity index (χ3n) is 2.99. The third-order valence-corrected chi connectivity index (χ3v) is 2.99. The van der Waals surface area contributed by atoms with Crippen LogP contribution in [0.15, 0.2) is 42.5 Å². The Bertz CT molecular complexity index is 640. The summed E-state index contributed by atoms with van der Waals surface area (Å²) in [6, 6.07) is 10.9. The van der Waals surface area contributed by atoms with Gasteiger partial charge in [-0.25, -0.2) is 9.18 Å². The van der Waals surface area contributed by atoms with Gasteiger partial charge in [0.15, 0.2) is 0 Å². The van der Waals surface area contributed by atoms with Gasteiger partial charge in [0.05, 0.1) is 19.3 Å². The van der Waals surface area contributed by atoms with Crippen LogP contribution in [0.5, 0.6) is 5.75 Å². The van der Waals surface area contributed by atoms with E-state index >= 15 is 0 Å². The van der Waals surface area contributed by atoms with Gasteiger partial charge < -0.3 is 14.6 Å². The van der Waals surface area contributed by atoms with Gasteiger partial charge in [0.25, 0.3) is 0 Å². The Morgan fingerprint density at radius 3 is 2.67 bits per heavy atom. The van der Waals surface area contributed by atoms with Gasteiger partial charge in [-0.05, 0) is 24.3 Å². The molecule has 110 valence electrons. The van der Waals surface area contributed by atoms with Crippen LogP contribution in [0.4, 0.5) is 4.39 Å². The lowest BCUT2D eigenvalue weighted by molar-refractivity contribution is 0.0600. The Morgan fingerprint density at radius 1 is 1.19 bits per heavy atom. The molecule has 0 aliphatic carbocycles. The molecular formula is C16H15FO4. The third kappa shape index (κ3) is 3.58. The normalized spacial score (nSPS) is 10.2. The van der Waals surface area contributed by atoms with Gasteiger partial charge in [-0.3, -0.25) is 0 Å². The second-order valence-corrected chi connectivity index (χ2v) is 4.35. The van der Waals surface area contributed by atoms with Gasteiger partial charge >= 0.3 is 5.97 Å². The second kappa shape index (κ2) is 6.85. The Kier molecular flexibility index (Phi) is 4.90. The molecule has 0 aliphatic rings. The van der Waals surface area contributed by atoms with Crippen molar-refractivity contribution in [1.82, 2.24) is 0 Å². The molecule has 2 aromatic rings. The Hall–Kier alpha value is -2.40. The summed E-state index contributed by atoms with van der Waals surface area (Å²) in [6.45, 7) is -0.214. The molecule has 0 atom stereocenters. The molecule has 5 heteroatoms. The molecule has 2 aromatic carbocycles. The molecule has 1 N–H and O–H groups in total. The first-order valence-electron chi connectivity index (χ1n) is 6.34. The molecule has 0 heterocycles. The highest BCUT2D eigenvalue weighted by molar-refractivity contribution is 5.89. The van der Waals surface area contributed by atoms with Gasteiger partial charge in [0.1, 0.15) is 18.2 Å². The Balaban J connectivity index is 2.17. The zero-order chi connectivity index (χ0) is 15.2. The number of aliphatic hydroxyl groups is 1. The fourth-order valence-corrected chi connectivity index (χ4v) is 1.86. The van der Waals surface area contributed by atoms with Gasteiger partial charge in [0, 0.05) is 11.1 Å². The summed E-state index contributed by atoms with van der Waals surface area (Å²) in [5, 5.41) is 9.20. The van der Waals surface area contributed by atoms with Crippen LogP contribution < -0.4 is 4.74 Å². The number of rotatable bonds is 5. The lowest BCUT2D eigenvalue weighted by Crippen LogP contribution is -2.05. The molecule has 0 amide bonds. The molecule has 0 aliphatic heterocycles. The first-order valence-corrected chi connectivity index (χ1v) is 6.34. The average molecular weight is 290 g/mol. The van der Waals surface area contributed by atoms with Crippen LogP contribution in [-0.2, 0) is 18.0 Å². The van der Waals surface area contributed by atoms with E-state index in [-0.39, 0.29) is 24.3 Å². The van der Waals surface area contributed by atoms with E-state index in [1.165, 1.54) is 25.3 Å². The van der Waals surface area contributed by atoms with Crippen molar-refractivity contribution >= 4 is 5.97 Å². The van der Waals surface area contributed by atoms with Crippen LogP contribution in [0.1, 0.15) is 21.5 Å². The number of benzene rings is 2. The highest BCUT2D eigenvalue weighted by Crippen LogP contribution is 2.20. The van der Waals surface area contributed by atoms with E-state index in [0.717, 1.165) is 0 Å². The summed E-state index contributed by atoms with van der Waals surface area (Å²) >= 11 is 0. The second-order valence-electron chi connectivity index (χ2n) is 4.35. The van der Waals surface area contributed by atoms with Crippen LogP contribution in [0, 0.1) is 5.82 Å². The SMILES string of the molecule is COC(=O)c1ccc(F)c(COc2ccccc2CO)c1. The number of esters is 1. The summed E-state index contributed by atoms with van der Waals surface area (Å²) in [6.07, 6.45) is 0. The molecule has 4 nitrogen and oxygen atoms in total. The highest BCUT2D eigenvalue weighted by Gasteiger charge is 2.11. The molecule has 2 rings (SSSR count). The van der Waals surface area contributed by atoms with E-state index in [0.29, 0.717) is 11.3 Å². The zero-order valence-electron chi connectivity index (χ0n) is 11.5. The van der Waals surface area contributed by atoms with E-state index in [1.54, 1.807) is 24.3 Å². The molecule has 21 heavy (non-hydrogen) atoms. The smallest absolute Gasteiger partial charge is 0.337 e. The number of aliphatic hydroxyl groups excluding tert-OH is 1. The highest BCUT2D eigenvalue weighted by atomic mass is 19.1. The van der Waals surface area contributed by atoms with E-state index in [2.05, 4.69) is 4.74 Å². The molecular weight excluding hydrogens is 275 g/mol. The van der Waals surface area contributed by atoms with Gasteiger partial charge in [-0.15, -0.1) is 0 Å². The topological polar surface area (TPSA) is 55.8 Å². The van der Waals surface area contributed by atoms with Gasteiger partial charge in [0.2, 0.25) is 0 Å². The molecule has 0 saturated carbocycles. The monoisotopic (exact) mass is 290 g/mol. The minimum Gasteiger partial charge on any atom is -0.488 e. The number of methoxy groups -OCH3 is 1. The minimum absolute atomic E-state index is 0.0479.